The van der Waals surface area contributed by atoms with E-state index in [4.69, 9.17) is 9.47 Å². The van der Waals surface area contributed by atoms with Crippen molar-refractivity contribution >= 4 is 29.3 Å². The van der Waals surface area contributed by atoms with Crippen molar-refractivity contribution in [2.24, 2.45) is 11.8 Å². The van der Waals surface area contributed by atoms with E-state index in [0.717, 1.165) is 0 Å². The molecule has 31 heavy (non-hydrogen) atoms. The summed E-state index contributed by atoms with van der Waals surface area (Å²) in [4.78, 5) is 51.1. The zero-order chi connectivity index (χ0) is 22.0. The Morgan fingerprint density at radius 3 is 2.19 bits per heavy atom. The second kappa shape index (κ2) is 8.55. The van der Waals surface area contributed by atoms with Crippen LogP contribution in [0.3, 0.4) is 0 Å². The van der Waals surface area contributed by atoms with E-state index in [2.05, 4.69) is 0 Å². The molecule has 1 saturated heterocycles. The fourth-order valence-corrected chi connectivity index (χ4v) is 3.90. The van der Waals surface area contributed by atoms with Crippen LogP contribution in [-0.4, -0.2) is 37.3 Å². The van der Waals surface area contributed by atoms with E-state index in [1.807, 2.05) is 12.2 Å². The number of anilines is 1. The molecule has 1 aliphatic heterocycles. The van der Waals surface area contributed by atoms with Crippen LogP contribution in [0.5, 0.6) is 5.75 Å². The standard InChI is InChI=1S/C24H21NO6/c1-30-18-6-4-5-16(13-18)21(26)14-31-24(29)15-9-11-17(12-10-15)25-22(27)19-7-2-3-8-20(19)23(25)28/h2-6,9-13,19-20H,7-8,14H2,1H3. The Morgan fingerprint density at radius 1 is 0.935 bits per heavy atom. The first-order chi connectivity index (χ1) is 15.0. The number of ether oxygens (including phenoxy) is 2. The highest BCUT2D eigenvalue weighted by Gasteiger charge is 2.47. The lowest BCUT2D eigenvalue weighted by Crippen LogP contribution is -2.30. The normalized spacial score (nSPS) is 19.8. The van der Waals surface area contributed by atoms with Gasteiger partial charge in [-0.2, -0.15) is 0 Å². The van der Waals surface area contributed by atoms with Gasteiger partial charge in [0.2, 0.25) is 11.8 Å². The van der Waals surface area contributed by atoms with Crippen molar-refractivity contribution in [3.8, 4) is 5.75 Å². The number of allylic oxidation sites excluding steroid dienone is 2. The molecule has 1 fully saturated rings. The number of rotatable bonds is 6. The predicted octanol–water partition coefficient (Wildman–Crippen LogP) is 3.19. The minimum absolute atomic E-state index is 0.210. The Morgan fingerprint density at radius 2 is 1.58 bits per heavy atom. The quantitative estimate of drug-likeness (QED) is 0.309. The number of hydrogen-bond acceptors (Lipinski definition) is 6. The van der Waals surface area contributed by atoms with Gasteiger partial charge < -0.3 is 9.47 Å². The summed E-state index contributed by atoms with van der Waals surface area (Å²) in [6, 6.07) is 12.6. The summed E-state index contributed by atoms with van der Waals surface area (Å²) >= 11 is 0. The number of fused-ring (bicyclic) bond motifs is 1. The molecule has 7 heteroatoms. The molecule has 0 radical (unpaired) electrons. The maximum atomic E-state index is 12.7. The van der Waals surface area contributed by atoms with E-state index >= 15 is 0 Å². The number of imide groups is 1. The average Bonchev–Trinajstić information content (AvgIpc) is 3.07. The second-order valence-electron chi connectivity index (χ2n) is 7.45. The molecule has 1 heterocycles. The fraction of sp³-hybridized carbons (Fsp3) is 0.250. The minimum Gasteiger partial charge on any atom is -0.497 e. The van der Waals surface area contributed by atoms with Crippen molar-refractivity contribution < 1.29 is 28.7 Å². The molecular weight excluding hydrogens is 398 g/mol. The summed E-state index contributed by atoms with van der Waals surface area (Å²) in [7, 11) is 1.50. The Labute approximate surface area is 179 Å². The lowest BCUT2D eigenvalue weighted by atomic mass is 9.85. The monoisotopic (exact) mass is 419 g/mol. The number of amides is 2. The number of Topliss-reactive ketones (excluding diaryl/α,β-unsaturated/α-hetero) is 1. The third kappa shape index (κ3) is 3.99. The Hall–Kier alpha value is -3.74. The van der Waals surface area contributed by atoms with Crippen LogP contribution in [0.15, 0.2) is 60.7 Å². The third-order valence-electron chi connectivity index (χ3n) is 5.59. The van der Waals surface area contributed by atoms with Crippen LogP contribution in [0.4, 0.5) is 5.69 Å². The van der Waals surface area contributed by atoms with Gasteiger partial charge in [-0.05, 0) is 49.2 Å². The van der Waals surface area contributed by atoms with Crippen LogP contribution >= 0.6 is 0 Å². The molecule has 2 atom stereocenters. The van der Waals surface area contributed by atoms with E-state index in [1.165, 1.54) is 24.1 Å². The lowest BCUT2D eigenvalue weighted by Gasteiger charge is -2.15. The second-order valence-corrected chi connectivity index (χ2v) is 7.45. The van der Waals surface area contributed by atoms with Gasteiger partial charge in [-0.25, -0.2) is 4.79 Å². The molecule has 2 aromatic rings. The summed E-state index contributed by atoms with van der Waals surface area (Å²) in [5.41, 5.74) is 1.03. The number of nitrogens with zero attached hydrogens (tertiary/aromatic N) is 1. The van der Waals surface area contributed by atoms with Gasteiger partial charge in [-0.3, -0.25) is 19.3 Å². The number of esters is 1. The molecule has 0 saturated carbocycles. The Bertz CT molecular complexity index is 1050. The van der Waals surface area contributed by atoms with Crippen molar-refractivity contribution in [3.05, 3.63) is 71.8 Å². The van der Waals surface area contributed by atoms with E-state index in [1.54, 1.807) is 36.4 Å². The van der Waals surface area contributed by atoms with Gasteiger partial charge in [0.05, 0.1) is 30.2 Å². The van der Waals surface area contributed by atoms with Crippen molar-refractivity contribution in [2.45, 2.75) is 12.8 Å². The van der Waals surface area contributed by atoms with Crippen LogP contribution in [-0.2, 0) is 14.3 Å². The molecule has 0 spiro atoms. The SMILES string of the molecule is COc1cccc(C(=O)COC(=O)c2ccc(N3C(=O)C4CC=CCC4C3=O)cc2)c1. The minimum atomic E-state index is -0.667. The van der Waals surface area contributed by atoms with Gasteiger partial charge in [0, 0.05) is 5.56 Å². The van der Waals surface area contributed by atoms with E-state index < -0.39 is 12.6 Å². The van der Waals surface area contributed by atoms with Crippen molar-refractivity contribution in [1.82, 2.24) is 0 Å². The maximum Gasteiger partial charge on any atom is 0.338 e. The number of carbonyl (C=O) groups is 4. The van der Waals surface area contributed by atoms with Gasteiger partial charge in [-0.15, -0.1) is 0 Å². The van der Waals surface area contributed by atoms with E-state index in [0.29, 0.717) is 29.8 Å². The summed E-state index contributed by atoms with van der Waals surface area (Å²) in [5, 5.41) is 0. The van der Waals surface area contributed by atoms with Gasteiger partial charge in [0.15, 0.2) is 12.4 Å². The number of benzene rings is 2. The summed E-state index contributed by atoms with van der Waals surface area (Å²) in [6.45, 7) is -0.410. The largest absolute Gasteiger partial charge is 0.497 e. The topological polar surface area (TPSA) is 90.0 Å². The first-order valence-electron chi connectivity index (χ1n) is 9.97. The molecule has 1 aliphatic carbocycles. The molecule has 0 bridgehead atoms. The van der Waals surface area contributed by atoms with Crippen LogP contribution in [0.25, 0.3) is 0 Å². The number of methoxy groups -OCH3 is 1. The van der Waals surface area contributed by atoms with Gasteiger partial charge in [0.25, 0.3) is 0 Å². The lowest BCUT2D eigenvalue weighted by molar-refractivity contribution is -0.122. The highest BCUT2D eigenvalue weighted by atomic mass is 16.5. The van der Waals surface area contributed by atoms with Crippen molar-refractivity contribution in [2.75, 3.05) is 18.6 Å². The molecule has 0 N–H and O–H groups in total. The maximum absolute atomic E-state index is 12.7. The number of hydrogen-bond donors (Lipinski definition) is 0. The molecule has 2 aromatic carbocycles. The highest BCUT2D eigenvalue weighted by molar-refractivity contribution is 6.22. The molecule has 2 unspecified atom stereocenters. The molecule has 158 valence electrons. The Balaban J connectivity index is 1.40. The highest BCUT2D eigenvalue weighted by Crippen LogP contribution is 2.37. The molecular formula is C24H21NO6. The van der Waals surface area contributed by atoms with E-state index in [-0.39, 0.29) is 35.0 Å². The predicted molar refractivity (Wildman–Crippen MR) is 112 cm³/mol. The smallest absolute Gasteiger partial charge is 0.338 e. The number of carbonyl (C=O) groups excluding carboxylic acids is 4. The third-order valence-corrected chi connectivity index (χ3v) is 5.59. The number of ketones is 1. The van der Waals surface area contributed by atoms with E-state index in [9.17, 15) is 19.2 Å². The van der Waals surface area contributed by atoms with Crippen molar-refractivity contribution in [3.63, 3.8) is 0 Å². The first-order valence-corrected chi connectivity index (χ1v) is 9.97. The zero-order valence-electron chi connectivity index (χ0n) is 16.9. The van der Waals surface area contributed by atoms with Crippen LogP contribution in [0, 0.1) is 11.8 Å². The van der Waals surface area contributed by atoms with Crippen molar-refractivity contribution in [1.29, 1.82) is 0 Å². The summed E-state index contributed by atoms with van der Waals surface area (Å²) in [5.74, 6) is -1.53. The average molecular weight is 419 g/mol. The van der Waals surface area contributed by atoms with Crippen LogP contribution in [0.2, 0.25) is 0 Å². The Kier molecular flexibility index (Phi) is 5.66. The molecule has 2 aliphatic rings. The van der Waals surface area contributed by atoms with Gasteiger partial charge in [-0.1, -0.05) is 24.3 Å². The molecule has 4 rings (SSSR count). The molecule has 0 aromatic heterocycles. The van der Waals surface area contributed by atoms with Crippen LogP contribution in [0.1, 0.15) is 33.6 Å². The summed E-state index contributed by atoms with van der Waals surface area (Å²) in [6.07, 6.45) is 5.00. The molecule has 2 amide bonds. The fourth-order valence-electron chi connectivity index (χ4n) is 3.90. The van der Waals surface area contributed by atoms with Gasteiger partial charge in [0.1, 0.15) is 5.75 Å². The van der Waals surface area contributed by atoms with Crippen LogP contribution < -0.4 is 9.64 Å². The first kappa shape index (κ1) is 20.5. The molecule has 7 nitrogen and oxygen atoms in total. The summed E-state index contributed by atoms with van der Waals surface area (Å²) < 4.78 is 10.2. The zero-order valence-corrected chi connectivity index (χ0v) is 16.9. The van der Waals surface area contributed by atoms with Gasteiger partial charge >= 0.3 is 5.97 Å².